The fraction of sp³-hybridized carbons (Fsp3) is 0.895. The lowest BCUT2D eigenvalue weighted by atomic mass is 10.0. The van der Waals surface area contributed by atoms with Crippen molar-refractivity contribution in [1.29, 1.82) is 0 Å². The van der Waals surface area contributed by atoms with Crippen LogP contribution in [0.4, 0.5) is 0 Å². The molecule has 0 spiro atoms. The monoisotopic (exact) mass is 280 g/mol. The summed E-state index contributed by atoms with van der Waals surface area (Å²) in [5.41, 5.74) is 0. The molecule has 1 aliphatic rings. The molecular weight excluding hydrogens is 244 g/mol. The van der Waals surface area contributed by atoms with E-state index in [1.165, 1.54) is 70.6 Å². The van der Waals surface area contributed by atoms with Gasteiger partial charge in [-0.25, -0.2) is 0 Å². The fourth-order valence-corrected chi connectivity index (χ4v) is 2.75. The molecule has 0 aromatic carbocycles. The third-order valence-corrected chi connectivity index (χ3v) is 4.21. The topological polar surface area (TPSA) is 12.5 Å². The molecule has 2 atom stereocenters. The van der Waals surface area contributed by atoms with Gasteiger partial charge in [0.15, 0.2) is 0 Å². The summed E-state index contributed by atoms with van der Waals surface area (Å²) in [5.74, 6) is 0.858. The first kappa shape index (κ1) is 17.8. The van der Waals surface area contributed by atoms with Gasteiger partial charge in [0.2, 0.25) is 0 Å². The van der Waals surface area contributed by atoms with E-state index in [4.69, 9.17) is 4.74 Å². The first-order valence-electron chi connectivity index (χ1n) is 9.04. The number of rotatable bonds is 13. The molecule has 20 heavy (non-hydrogen) atoms. The Hall–Kier alpha value is -0.300. The average molecular weight is 280 g/mol. The Kier molecular flexibility index (Phi) is 10.1. The van der Waals surface area contributed by atoms with Gasteiger partial charge in [0.05, 0.1) is 12.2 Å². The third kappa shape index (κ3) is 9.58. The summed E-state index contributed by atoms with van der Waals surface area (Å²) in [6.45, 7) is 6.88. The number of hydrogen-bond acceptors (Lipinski definition) is 1. The summed E-state index contributed by atoms with van der Waals surface area (Å²) < 4.78 is 5.77. The number of unbranched alkanes of at least 4 members (excludes halogenated alkanes) is 5. The summed E-state index contributed by atoms with van der Waals surface area (Å²) in [6, 6.07) is 0. The van der Waals surface area contributed by atoms with Crippen molar-refractivity contribution in [1.82, 2.24) is 0 Å². The normalized spacial score (nSPS) is 22.0. The maximum Gasteiger partial charge on any atom is 0.0841 e. The second-order valence-corrected chi connectivity index (χ2v) is 6.79. The number of epoxide rings is 1. The van der Waals surface area contributed by atoms with Crippen LogP contribution in [0.15, 0.2) is 12.2 Å². The van der Waals surface area contributed by atoms with E-state index in [-0.39, 0.29) is 0 Å². The highest BCUT2D eigenvalue weighted by atomic mass is 16.6. The quantitative estimate of drug-likeness (QED) is 0.220. The minimum absolute atomic E-state index is 0.609. The molecule has 1 fully saturated rings. The van der Waals surface area contributed by atoms with Crippen molar-refractivity contribution in [2.45, 2.75) is 104 Å². The molecule has 1 rings (SSSR count). The highest BCUT2D eigenvalue weighted by Crippen LogP contribution is 2.31. The van der Waals surface area contributed by atoms with E-state index in [0.29, 0.717) is 12.2 Å². The number of ether oxygens (including phenoxy) is 1. The lowest BCUT2D eigenvalue weighted by molar-refractivity contribution is 0.347. The molecule has 0 aromatic rings. The lowest BCUT2D eigenvalue weighted by Crippen LogP contribution is -1.95. The van der Waals surface area contributed by atoms with Crippen molar-refractivity contribution >= 4 is 0 Å². The van der Waals surface area contributed by atoms with Crippen LogP contribution in [-0.4, -0.2) is 12.2 Å². The molecule has 0 bridgehead atoms. The van der Waals surface area contributed by atoms with Crippen LogP contribution in [0.1, 0.15) is 91.4 Å². The van der Waals surface area contributed by atoms with Gasteiger partial charge in [0.1, 0.15) is 0 Å². The molecule has 1 heteroatoms. The van der Waals surface area contributed by atoms with Gasteiger partial charge in [-0.15, -0.1) is 0 Å². The van der Waals surface area contributed by atoms with Gasteiger partial charge in [-0.1, -0.05) is 71.4 Å². The Bertz CT molecular complexity index is 244. The van der Waals surface area contributed by atoms with Crippen LogP contribution in [0.2, 0.25) is 0 Å². The molecular formula is C19H36O. The fourth-order valence-electron chi connectivity index (χ4n) is 2.75. The van der Waals surface area contributed by atoms with E-state index in [9.17, 15) is 0 Å². The Morgan fingerprint density at radius 3 is 2.05 bits per heavy atom. The molecule has 0 saturated carbocycles. The van der Waals surface area contributed by atoms with Crippen LogP contribution >= 0.6 is 0 Å². The van der Waals surface area contributed by atoms with Crippen LogP contribution in [0.5, 0.6) is 0 Å². The molecule has 0 radical (unpaired) electrons. The van der Waals surface area contributed by atoms with Crippen LogP contribution in [0.3, 0.4) is 0 Å². The van der Waals surface area contributed by atoms with Crippen LogP contribution in [0, 0.1) is 5.92 Å². The Balaban J connectivity index is 1.82. The van der Waals surface area contributed by atoms with Gasteiger partial charge < -0.3 is 4.74 Å². The zero-order chi connectivity index (χ0) is 14.6. The lowest BCUT2D eigenvalue weighted by Gasteiger charge is -2.02. The molecule has 1 saturated heterocycles. The van der Waals surface area contributed by atoms with Crippen molar-refractivity contribution in [2.75, 3.05) is 0 Å². The Labute approximate surface area is 127 Å². The number of allylic oxidation sites excluding steroid dienone is 2. The van der Waals surface area contributed by atoms with E-state index in [2.05, 4.69) is 32.9 Å². The Morgan fingerprint density at radius 1 is 0.850 bits per heavy atom. The van der Waals surface area contributed by atoms with Crippen LogP contribution in [0.25, 0.3) is 0 Å². The molecule has 2 unspecified atom stereocenters. The minimum Gasteiger partial charge on any atom is -0.370 e. The standard InChI is InChI=1S/C19H36O/c1-4-5-6-7-8-9-10-11-15-18-19(20-18)16-13-12-14-17(2)3/h7-8,17-19H,4-6,9-16H2,1-3H3/b8-7-. The van der Waals surface area contributed by atoms with Crippen molar-refractivity contribution in [2.24, 2.45) is 5.92 Å². The summed E-state index contributed by atoms with van der Waals surface area (Å²) in [4.78, 5) is 0. The largest absolute Gasteiger partial charge is 0.370 e. The molecule has 0 N–H and O–H groups in total. The second kappa shape index (κ2) is 11.4. The Morgan fingerprint density at radius 2 is 1.45 bits per heavy atom. The molecule has 0 aromatic heterocycles. The SMILES string of the molecule is CCCC/C=C\CCCCC1OC1CCCCC(C)C. The molecule has 0 aliphatic carbocycles. The van der Waals surface area contributed by atoms with Gasteiger partial charge in [-0.3, -0.25) is 0 Å². The zero-order valence-electron chi connectivity index (χ0n) is 14.1. The van der Waals surface area contributed by atoms with E-state index in [0.717, 1.165) is 5.92 Å². The highest BCUT2D eigenvalue weighted by Gasteiger charge is 2.36. The second-order valence-electron chi connectivity index (χ2n) is 6.79. The van der Waals surface area contributed by atoms with E-state index in [1.807, 2.05) is 0 Å². The molecule has 1 heterocycles. The maximum absolute atomic E-state index is 5.77. The van der Waals surface area contributed by atoms with Crippen LogP contribution in [-0.2, 0) is 4.74 Å². The first-order chi connectivity index (χ1) is 9.74. The predicted octanol–water partition coefficient (Wildman–Crippen LogP) is 6.28. The van der Waals surface area contributed by atoms with Gasteiger partial charge >= 0.3 is 0 Å². The third-order valence-electron chi connectivity index (χ3n) is 4.21. The zero-order valence-corrected chi connectivity index (χ0v) is 14.1. The molecule has 1 aliphatic heterocycles. The summed E-state index contributed by atoms with van der Waals surface area (Å²) in [7, 11) is 0. The van der Waals surface area contributed by atoms with Gasteiger partial charge in [-0.2, -0.15) is 0 Å². The smallest absolute Gasteiger partial charge is 0.0841 e. The summed E-state index contributed by atoms with van der Waals surface area (Å²) in [6.07, 6.45) is 20.5. The van der Waals surface area contributed by atoms with Gasteiger partial charge in [0, 0.05) is 0 Å². The highest BCUT2D eigenvalue weighted by molar-refractivity contribution is 4.85. The van der Waals surface area contributed by atoms with Crippen molar-refractivity contribution in [3.8, 4) is 0 Å². The van der Waals surface area contributed by atoms with E-state index >= 15 is 0 Å². The number of hydrogen-bond donors (Lipinski definition) is 0. The van der Waals surface area contributed by atoms with Crippen molar-refractivity contribution in [3.05, 3.63) is 12.2 Å². The molecule has 0 amide bonds. The van der Waals surface area contributed by atoms with E-state index in [1.54, 1.807) is 0 Å². The first-order valence-corrected chi connectivity index (χ1v) is 9.04. The average Bonchev–Trinajstić information content (AvgIpc) is 3.16. The molecule has 1 nitrogen and oxygen atoms in total. The van der Waals surface area contributed by atoms with Crippen molar-refractivity contribution in [3.63, 3.8) is 0 Å². The predicted molar refractivity (Wildman–Crippen MR) is 89.1 cm³/mol. The van der Waals surface area contributed by atoms with Crippen molar-refractivity contribution < 1.29 is 4.74 Å². The van der Waals surface area contributed by atoms with Crippen LogP contribution < -0.4 is 0 Å². The van der Waals surface area contributed by atoms with Gasteiger partial charge in [-0.05, 0) is 38.0 Å². The van der Waals surface area contributed by atoms with Gasteiger partial charge in [0.25, 0.3) is 0 Å². The summed E-state index contributed by atoms with van der Waals surface area (Å²) in [5, 5.41) is 0. The summed E-state index contributed by atoms with van der Waals surface area (Å²) >= 11 is 0. The molecule has 118 valence electrons. The maximum atomic E-state index is 5.77. The minimum atomic E-state index is 0.609. The van der Waals surface area contributed by atoms with E-state index < -0.39 is 0 Å².